The van der Waals surface area contributed by atoms with E-state index < -0.39 is 5.91 Å². The Morgan fingerprint density at radius 1 is 1.00 bits per heavy atom. The Hall–Kier alpha value is -3.29. The molecule has 8 heteroatoms. The van der Waals surface area contributed by atoms with Crippen molar-refractivity contribution in [2.75, 3.05) is 10.6 Å². The second-order valence-corrected chi connectivity index (χ2v) is 4.62. The molecule has 0 radical (unpaired) electrons. The fraction of sp³-hybridized carbons (Fsp3) is 0.133. The van der Waals surface area contributed by atoms with E-state index in [2.05, 4.69) is 25.8 Å². The molecule has 1 aromatic heterocycles. The highest BCUT2D eigenvalue weighted by Crippen LogP contribution is 2.33. The van der Waals surface area contributed by atoms with Crippen molar-refractivity contribution in [3.63, 3.8) is 0 Å². The third kappa shape index (κ3) is 4.60. The van der Waals surface area contributed by atoms with Crippen molar-refractivity contribution in [1.29, 1.82) is 0 Å². The molecule has 0 unspecified atom stereocenters. The largest absolute Gasteiger partial charge is 0.504 e. The number of hydrogen-bond donors (Lipinski definition) is 3. The van der Waals surface area contributed by atoms with Crippen LogP contribution in [0.2, 0.25) is 0 Å². The summed E-state index contributed by atoms with van der Waals surface area (Å²) in [5.74, 6) is -1.04. The first-order chi connectivity index (χ1) is 11.0. The van der Waals surface area contributed by atoms with Crippen molar-refractivity contribution in [2.24, 2.45) is 10.2 Å². The van der Waals surface area contributed by atoms with Crippen LogP contribution in [0.4, 0.5) is 23.0 Å². The number of aromatic nitrogens is 1. The van der Waals surface area contributed by atoms with Crippen LogP contribution in [0.15, 0.2) is 46.6 Å². The van der Waals surface area contributed by atoms with Crippen LogP contribution in [0.3, 0.4) is 0 Å². The third-order valence-electron chi connectivity index (χ3n) is 2.60. The maximum absolute atomic E-state index is 11.3. The molecule has 0 atom stereocenters. The van der Waals surface area contributed by atoms with E-state index in [0.29, 0.717) is 5.69 Å². The molecule has 0 bridgehead atoms. The Kier molecular flexibility index (Phi) is 4.98. The summed E-state index contributed by atoms with van der Waals surface area (Å²) in [6.45, 7) is 2.59. The van der Waals surface area contributed by atoms with Gasteiger partial charge in [-0.15, -0.1) is 5.11 Å². The number of carbonyl (C=O) groups excluding carboxylic acids is 2. The van der Waals surface area contributed by atoms with E-state index in [1.807, 2.05) is 6.07 Å². The van der Waals surface area contributed by atoms with Gasteiger partial charge in [-0.25, -0.2) is 4.98 Å². The van der Waals surface area contributed by atoms with Gasteiger partial charge in [0.1, 0.15) is 5.69 Å². The summed E-state index contributed by atoms with van der Waals surface area (Å²) >= 11 is 0. The Labute approximate surface area is 132 Å². The first kappa shape index (κ1) is 16.1. The number of pyridine rings is 1. The molecule has 8 nitrogen and oxygen atoms in total. The highest BCUT2D eigenvalue weighted by molar-refractivity contribution is 5.93. The minimum atomic E-state index is -0.403. The highest BCUT2D eigenvalue weighted by Gasteiger charge is 2.13. The van der Waals surface area contributed by atoms with E-state index in [1.165, 1.54) is 19.9 Å². The SMILES string of the molecule is CC(=O)Nc1nc(NC(C)=O)c(/N=N/c2ccccc2)cc1O. The molecule has 0 spiro atoms. The molecule has 2 aromatic rings. The van der Waals surface area contributed by atoms with Gasteiger partial charge >= 0.3 is 0 Å². The molecule has 0 aliphatic rings. The number of hydrogen-bond acceptors (Lipinski definition) is 6. The van der Waals surface area contributed by atoms with Crippen molar-refractivity contribution >= 4 is 34.8 Å². The van der Waals surface area contributed by atoms with Gasteiger partial charge in [-0.2, -0.15) is 5.11 Å². The number of nitrogens with zero attached hydrogens (tertiary/aromatic N) is 3. The first-order valence-corrected chi connectivity index (χ1v) is 6.71. The van der Waals surface area contributed by atoms with E-state index in [1.54, 1.807) is 24.3 Å². The molecule has 2 rings (SSSR count). The minimum absolute atomic E-state index is 0.0695. The van der Waals surface area contributed by atoms with Gasteiger partial charge in [-0.05, 0) is 12.1 Å². The van der Waals surface area contributed by atoms with Gasteiger partial charge in [0.2, 0.25) is 11.8 Å². The molecule has 0 saturated carbocycles. The lowest BCUT2D eigenvalue weighted by Gasteiger charge is -2.09. The second-order valence-electron chi connectivity index (χ2n) is 4.62. The van der Waals surface area contributed by atoms with Crippen LogP contribution >= 0.6 is 0 Å². The minimum Gasteiger partial charge on any atom is -0.504 e. The molecule has 0 aliphatic carbocycles. The molecule has 0 aliphatic heterocycles. The number of rotatable bonds is 4. The Morgan fingerprint density at radius 3 is 2.22 bits per heavy atom. The lowest BCUT2D eigenvalue weighted by Crippen LogP contribution is -2.11. The van der Waals surface area contributed by atoms with Crippen molar-refractivity contribution in [1.82, 2.24) is 4.98 Å². The quantitative estimate of drug-likeness (QED) is 0.752. The van der Waals surface area contributed by atoms with Crippen LogP contribution in [0, 0.1) is 0 Å². The Balaban J connectivity index is 2.40. The van der Waals surface area contributed by atoms with Crippen LogP contribution in [-0.4, -0.2) is 21.9 Å². The molecular formula is C15H15N5O3. The molecule has 118 valence electrons. The fourth-order valence-corrected chi connectivity index (χ4v) is 1.69. The lowest BCUT2D eigenvalue weighted by molar-refractivity contribution is -0.115. The highest BCUT2D eigenvalue weighted by atomic mass is 16.3. The fourth-order valence-electron chi connectivity index (χ4n) is 1.69. The average Bonchev–Trinajstić information content (AvgIpc) is 2.49. The second kappa shape index (κ2) is 7.12. The normalized spacial score (nSPS) is 10.5. The van der Waals surface area contributed by atoms with Crippen molar-refractivity contribution in [3.05, 3.63) is 36.4 Å². The molecule has 3 N–H and O–H groups in total. The zero-order valence-corrected chi connectivity index (χ0v) is 12.6. The van der Waals surface area contributed by atoms with E-state index in [9.17, 15) is 14.7 Å². The topological polar surface area (TPSA) is 116 Å². The maximum Gasteiger partial charge on any atom is 0.222 e. The number of nitrogens with one attached hydrogen (secondary N) is 2. The maximum atomic E-state index is 11.3. The number of amides is 2. The molecule has 1 aromatic carbocycles. The van der Waals surface area contributed by atoms with Gasteiger partial charge in [-0.3, -0.25) is 9.59 Å². The summed E-state index contributed by atoms with van der Waals surface area (Å²) in [6, 6.07) is 10.2. The van der Waals surface area contributed by atoms with E-state index in [4.69, 9.17) is 0 Å². The van der Waals surface area contributed by atoms with Crippen LogP contribution in [0.5, 0.6) is 5.75 Å². The zero-order chi connectivity index (χ0) is 16.8. The van der Waals surface area contributed by atoms with Gasteiger partial charge in [0.15, 0.2) is 17.4 Å². The third-order valence-corrected chi connectivity index (χ3v) is 2.60. The van der Waals surface area contributed by atoms with Gasteiger partial charge in [0, 0.05) is 19.9 Å². The number of aromatic hydroxyl groups is 1. The number of anilines is 2. The molecule has 1 heterocycles. The van der Waals surface area contributed by atoms with Crippen LogP contribution in [0.1, 0.15) is 13.8 Å². The Morgan fingerprint density at radius 2 is 1.61 bits per heavy atom. The summed E-state index contributed by atoms with van der Waals surface area (Å²) < 4.78 is 0. The molecule has 0 fully saturated rings. The predicted octanol–water partition coefficient (Wildman–Crippen LogP) is 3.12. The van der Waals surface area contributed by atoms with E-state index in [-0.39, 0.29) is 29.0 Å². The van der Waals surface area contributed by atoms with E-state index in [0.717, 1.165) is 0 Å². The summed E-state index contributed by atoms with van der Waals surface area (Å²) in [7, 11) is 0. The van der Waals surface area contributed by atoms with Gasteiger partial charge in [0.25, 0.3) is 0 Å². The van der Waals surface area contributed by atoms with Crippen molar-refractivity contribution < 1.29 is 14.7 Å². The summed E-state index contributed by atoms with van der Waals surface area (Å²) in [5.41, 5.74) is 0.766. The molecule has 23 heavy (non-hydrogen) atoms. The van der Waals surface area contributed by atoms with Crippen molar-refractivity contribution in [3.8, 4) is 5.75 Å². The van der Waals surface area contributed by atoms with Crippen LogP contribution in [0.25, 0.3) is 0 Å². The average molecular weight is 313 g/mol. The van der Waals surface area contributed by atoms with Gasteiger partial charge in [0.05, 0.1) is 5.69 Å². The Bertz CT molecular complexity index is 759. The standard InChI is InChI=1S/C15H15N5O3/c1-9(21)16-14-12(20-19-11-6-4-3-5-7-11)8-13(23)15(18-14)17-10(2)22/h3-8,23H,1-2H3,(H2,16,17,18,21,22)/b20-19+. The van der Waals surface area contributed by atoms with Gasteiger partial charge < -0.3 is 15.7 Å². The summed E-state index contributed by atoms with van der Waals surface area (Å²) in [4.78, 5) is 26.4. The first-order valence-electron chi connectivity index (χ1n) is 6.71. The van der Waals surface area contributed by atoms with Crippen LogP contribution < -0.4 is 10.6 Å². The number of carbonyl (C=O) groups is 2. The van der Waals surface area contributed by atoms with E-state index >= 15 is 0 Å². The lowest BCUT2D eigenvalue weighted by atomic mass is 10.3. The van der Waals surface area contributed by atoms with Crippen molar-refractivity contribution in [2.45, 2.75) is 13.8 Å². The number of benzene rings is 1. The summed E-state index contributed by atoms with van der Waals surface area (Å²) in [5, 5.41) is 22.7. The monoisotopic (exact) mass is 313 g/mol. The summed E-state index contributed by atoms with van der Waals surface area (Å²) in [6.07, 6.45) is 0. The zero-order valence-electron chi connectivity index (χ0n) is 12.6. The number of azo groups is 1. The van der Waals surface area contributed by atoms with Gasteiger partial charge in [-0.1, -0.05) is 18.2 Å². The molecule has 2 amide bonds. The smallest absolute Gasteiger partial charge is 0.222 e. The van der Waals surface area contributed by atoms with Crippen LogP contribution in [-0.2, 0) is 9.59 Å². The molecular weight excluding hydrogens is 298 g/mol. The predicted molar refractivity (Wildman–Crippen MR) is 85.1 cm³/mol. The molecule has 0 saturated heterocycles.